The molecule has 0 fully saturated rings. The second-order valence-electron chi connectivity index (χ2n) is 3.95. The number of benzene rings is 1. The fraction of sp³-hybridized carbons (Fsp3) is 0. The van der Waals surface area contributed by atoms with Crippen LogP contribution in [-0.4, -0.2) is 20.3 Å². The average Bonchev–Trinajstić information content (AvgIpc) is 2.90. The molecule has 0 amide bonds. The predicted octanol–water partition coefficient (Wildman–Crippen LogP) is 2.84. The number of aromatic amines is 1. The summed E-state index contributed by atoms with van der Waals surface area (Å²) in [7, 11) is 0. The molecule has 0 radical (unpaired) electrons. The first kappa shape index (κ1) is 10.5. The Bertz CT molecular complexity index is 644. The van der Waals surface area contributed by atoms with Gasteiger partial charge in [-0.15, -0.1) is 0 Å². The van der Waals surface area contributed by atoms with Crippen molar-refractivity contribution in [2.45, 2.75) is 0 Å². The van der Waals surface area contributed by atoms with Crippen LogP contribution in [0, 0.1) is 0 Å². The molecule has 88 valence electrons. The standard InChI is InChI=1S/C14H11N3O/c18-12-5-3-10(4-6-12)13-9-16-17-14(13)11-2-1-7-15-8-11/h1-9,18H,(H,16,17). The summed E-state index contributed by atoms with van der Waals surface area (Å²) < 4.78 is 0. The fourth-order valence-electron chi connectivity index (χ4n) is 1.88. The van der Waals surface area contributed by atoms with Gasteiger partial charge in [0.05, 0.1) is 11.9 Å². The predicted molar refractivity (Wildman–Crippen MR) is 68.9 cm³/mol. The summed E-state index contributed by atoms with van der Waals surface area (Å²) in [5.41, 5.74) is 3.90. The SMILES string of the molecule is Oc1ccc(-c2cn[nH]c2-c2cccnc2)cc1. The molecule has 0 spiro atoms. The minimum atomic E-state index is 0.255. The van der Waals surface area contributed by atoms with Crippen molar-refractivity contribution in [2.24, 2.45) is 0 Å². The number of H-pyrrole nitrogens is 1. The number of hydrogen-bond acceptors (Lipinski definition) is 3. The van der Waals surface area contributed by atoms with E-state index in [0.29, 0.717) is 0 Å². The lowest BCUT2D eigenvalue weighted by Gasteiger charge is -2.03. The van der Waals surface area contributed by atoms with E-state index in [1.807, 2.05) is 24.3 Å². The number of aromatic hydroxyl groups is 1. The van der Waals surface area contributed by atoms with Crippen LogP contribution < -0.4 is 0 Å². The van der Waals surface area contributed by atoms with E-state index in [1.165, 1.54) is 0 Å². The van der Waals surface area contributed by atoms with Crippen LogP contribution in [0.3, 0.4) is 0 Å². The number of hydrogen-bond donors (Lipinski definition) is 2. The Hall–Kier alpha value is -2.62. The van der Waals surface area contributed by atoms with Crippen molar-refractivity contribution in [1.82, 2.24) is 15.2 Å². The summed E-state index contributed by atoms with van der Waals surface area (Å²) in [6, 6.07) is 10.9. The van der Waals surface area contributed by atoms with Gasteiger partial charge in [-0.05, 0) is 29.8 Å². The molecule has 3 rings (SSSR count). The lowest BCUT2D eigenvalue weighted by molar-refractivity contribution is 0.475. The van der Waals surface area contributed by atoms with E-state index in [1.54, 1.807) is 30.7 Å². The van der Waals surface area contributed by atoms with Gasteiger partial charge in [0.2, 0.25) is 0 Å². The van der Waals surface area contributed by atoms with Crippen molar-refractivity contribution in [3.05, 3.63) is 55.0 Å². The molecule has 2 N–H and O–H groups in total. The van der Waals surface area contributed by atoms with Gasteiger partial charge in [-0.25, -0.2) is 0 Å². The molecule has 4 heteroatoms. The molecular formula is C14H11N3O. The number of pyridine rings is 1. The lowest BCUT2D eigenvalue weighted by Crippen LogP contribution is -1.83. The molecule has 0 saturated heterocycles. The monoisotopic (exact) mass is 237 g/mol. The zero-order valence-electron chi connectivity index (χ0n) is 9.54. The van der Waals surface area contributed by atoms with Crippen molar-refractivity contribution in [2.75, 3.05) is 0 Å². The third kappa shape index (κ3) is 1.84. The largest absolute Gasteiger partial charge is 0.508 e. The lowest BCUT2D eigenvalue weighted by atomic mass is 10.0. The summed E-state index contributed by atoms with van der Waals surface area (Å²) in [5, 5.41) is 16.4. The van der Waals surface area contributed by atoms with E-state index in [4.69, 9.17) is 0 Å². The zero-order chi connectivity index (χ0) is 12.4. The van der Waals surface area contributed by atoms with E-state index >= 15 is 0 Å². The summed E-state index contributed by atoms with van der Waals surface area (Å²) >= 11 is 0. The molecule has 18 heavy (non-hydrogen) atoms. The van der Waals surface area contributed by atoms with Crippen LogP contribution in [0.15, 0.2) is 55.0 Å². The second-order valence-corrected chi connectivity index (χ2v) is 3.95. The highest BCUT2D eigenvalue weighted by atomic mass is 16.3. The number of phenolic OH excluding ortho intramolecular Hbond substituents is 1. The van der Waals surface area contributed by atoms with Crippen molar-refractivity contribution in [3.8, 4) is 28.1 Å². The maximum atomic E-state index is 9.31. The van der Waals surface area contributed by atoms with Crippen molar-refractivity contribution in [1.29, 1.82) is 0 Å². The van der Waals surface area contributed by atoms with Gasteiger partial charge in [0.1, 0.15) is 5.75 Å². The molecule has 0 bridgehead atoms. The van der Waals surface area contributed by atoms with Gasteiger partial charge in [0.25, 0.3) is 0 Å². The smallest absolute Gasteiger partial charge is 0.115 e. The van der Waals surface area contributed by atoms with Crippen LogP contribution in [0.4, 0.5) is 0 Å². The average molecular weight is 237 g/mol. The molecule has 2 heterocycles. The molecule has 3 aromatic rings. The van der Waals surface area contributed by atoms with Gasteiger partial charge in [0.15, 0.2) is 0 Å². The molecule has 0 aliphatic carbocycles. The van der Waals surface area contributed by atoms with Crippen molar-refractivity contribution in [3.63, 3.8) is 0 Å². The molecule has 0 unspecified atom stereocenters. The number of aromatic nitrogens is 3. The van der Waals surface area contributed by atoms with Crippen LogP contribution in [-0.2, 0) is 0 Å². The van der Waals surface area contributed by atoms with Crippen LogP contribution in [0.5, 0.6) is 5.75 Å². The van der Waals surface area contributed by atoms with Crippen LogP contribution in [0.1, 0.15) is 0 Å². The van der Waals surface area contributed by atoms with Gasteiger partial charge < -0.3 is 5.11 Å². The minimum absolute atomic E-state index is 0.255. The first-order valence-corrected chi connectivity index (χ1v) is 5.58. The Kier molecular flexibility index (Phi) is 2.53. The van der Waals surface area contributed by atoms with Gasteiger partial charge in [-0.3, -0.25) is 10.1 Å². The Balaban J connectivity index is 2.10. The number of phenols is 1. The summed E-state index contributed by atoms with van der Waals surface area (Å²) in [5.74, 6) is 0.255. The molecule has 0 atom stereocenters. The fourth-order valence-corrected chi connectivity index (χ4v) is 1.88. The molecule has 0 aliphatic rings. The summed E-state index contributed by atoms with van der Waals surface area (Å²) in [6.07, 6.45) is 5.30. The Morgan fingerprint density at radius 1 is 0.944 bits per heavy atom. The van der Waals surface area contributed by atoms with Gasteiger partial charge in [-0.2, -0.15) is 5.10 Å². The van der Waals surface area contributed by atoms with Gasteiger partial charge in [-0.1, -0.05) is 12.1 Å². The van der Waals surface area contributed by atoms with E-state index < -0.39 is 0 Å². The zero-order valence-corrected chi connectivity index (χ0v) is 9.54. The highest BCUT2D eigenvalue weighted by Crippen LogP contribution is 2.30. The second kappa shape index (κ2) is 4.33. The third-order valence-electron chi connectivity index (χ3n) is 2.77. The molecule has 1 aromatic carbocycles. The Morgan fingerprint density at radius 2 is 1.78 bits per heavy atom. The maximum Gasteiger partial charge on any atom is 0.115 e. The van der Waals surface area contributed by atoms with Crippen LogP contribution in [0.25, 0.3) is 22.4 Å². The van der Waals surface area contributed by atoms with Crippen molar-refractivity contribution < 1.29 is 5.11 Å². The third-order valence-corrected chi connectivity index (χ3v) is 2.77. The number of nitrogens with zero attached hydrogens (tertiary/aromatic N) is 2. The molecule has 0 saturated carbocycles. The van der Waals surface area contributed by atoms with Gasteiger partial charge in [0, 0.05) is 23.5 Å². The van der Waals surface area contributed by atoms with E-state index in [-0.39, 0.29) is 5.75 Å². The molecule has 0 aliphatic heterocycles. The van der Waals surface area contributed by atoms with E-state index in [9.17, 15) is 5.11 Å². The number of nitrogens with one attached hydrogen (secondary N) is 1. The summed E-state index contributed by atoms with van der Waals surface area (Å²) in [4.78, 5) is 4.10. The topological polar surface area (TPSA) is 61.8 Å². The maximum absolute atomic E-state index is 9.31. The highest BCUT2D eigenvalue weighted by Gasteiger charge is 2.09. The Labute approximate surface area is 104 Å². The highest BCUT2D eigenvalue weighted by molar-refractivity contribution is 5.80. The van der Waals surface area contributed by atoms with Crippen LogP contribution in [0.2, 0.25) is 0 Å². The van der Waals surface area contributed by atoms with E-state index in [0.717, 1.165) is 22.4 Å². The Morgan fingerprint density at radius 3 is 2.50 bits per heavy atom. The molecule has 4 nitrogen and oxygen atoms in total. The van der Waals surface area contributed by atoms with Crippen molar-refractivity contribution >= 4 is 0 Å². The number of rotatable bonds is 2. The summed E-state index contributed by atoms with van der Waals surface area (Å²) in [6.45, 7) is 0. The quantitative estimate of drug-likeness (QED) is 0.720. The molecular weight excluding hydrogens is 226 g/mol. The first-order valence-electron chi connectivity index (χ1n) is 5.58. The van der Waals surface area contributed by atoms with Gasteiger partial charge >= 0.3 is 0 Å². The minimum Gasteiger partial charge on any atom is -0.508 e. The normalized spacial score (nSPS) is 10.4. The van der Waals surface area contributed by atoms with Crippen LogP contribution >= 0.6 is 0 Å². The molecule has 2 aromatic heterocycles. The first-order chi connectivity index (χ1) is 8.84. The van der Waals surface area contributed by atoms with E-state index in [2.05, 4.69) is 15.2 Å².